The number of hydrogen-bond donors (Lipinski definition) is 1. The van der Waals surface area contributed by atoms with Gasteiger partial charge in [0.2, 0.25) is 5.95 Å². The molecular weight excluding hydrogens is 363 g/mol. The number of nitrogens with two attached hydrogens (primary N) is 1. The number of hydrogen-bond acceptors (Lipinski definition) is 3. The lowest BCUT2D eigenvalue weighted by Gasteiger charge is -2.09. The summed E-state index contributed by atoms with van der Waals surface area (Å²) in [6.45, 7) is 0. The second-order valence-corrected chi connectivity index (χ2v) is 5.36. The third-order valence-corrected chi connectivity index (χ3v) is 3.73. The highest BCUT2D eigenvalue weighted by Gasteiger charge is 2.12. The molecule has 2 heterocycles. The van der Waals surface area contributed by atoms with Crippen LogP contribution in [0.25, 0.3) is 16.7 Å². The number of rotatable bonds is 1. The quantitative estimate of drug-likeness (QED) is 0.669. The molecule has 18 heavy (non-hydrogen) atoms. The molecule has 0 aliphatic rings. The summed E-state index contributed by atoms with van der Waals surface area (Å²) in [6.07, 6.45) is 3.42. The number of benzene rings is 1. The van der Waals surface area contributed by atoms with Crippen molar-refractivity contribution in [3.8, 4) is 5.69 Å². The van der Waals surface area contributed by atoms with Crippen LogP contribution in [0.5, 0.6) is 0 Å². The number of aromatic nitrogens is 3. The Hall–Kier alpha value is -1.34. The van der Waals surface area contributed by atoms with Crippen LogP contribution in [0.2, 0.25) is 5.02 Å². The van der Waals surface area contributed by atoms with Crippen LogP contribution in [-0.4, -0.2) is 14.5 Å². The number of nitrogen functional groups attached to an aromatic ring is 1. The van der Waals surface area contributed by atoms with Gasteiger partial charge in [0.15, 0.2) is 0 Å². The van der Waals surface area contributed by atoms with Crippen molar-refractivity contribution in [2.24, 2.45) is 0 Å². The first-order valence-electron chi connectivity index (χ1n) is 5.20. The maximum Gasteiger partial charge on any atom is 0.206 e. The van der Waals surface area contributed by atoms with Crippen LogP contribution in [0.15, 0.2) is 36.7 Å². The Labute approximate surface area is 122 Å². The van der Waals surface area contributed by atoms with Gasteiger partial charge < -0.3 is 5.73 Å². The zero-order valence-electron chi connectivity index (χ0n) is 9.14. The highest BCUT2D eigenvalue weighted by molar-refractivity contribution is 14.1. The topological polar surface area (TPSA) is 56.7 Å². The standard InChI is InChI=1S/C12H8ClIN4/c13-7-1-2-10(8(14)5-7)18-11-3-4-16-6-9(11)17-12(18)15/h1-6H,(H2,15,17). The average molecular weight is 371 g/mol. The van der Waals surface area contributed by atoms with E-state index in [1.807, 2.05) is 28.8 Å². The summed E-state index contributed by atoms with van der Waals surface area (Å²) in [7, 11) is 0. The van der Waals surface area contributed by atoms with Gasteiger partial charge in [-0.1, -0.05) is 11.6 Å². The lowest BCUT2D eigenvalue weighted by Crippen LogP contribution is -2.02. The zero-order valence-corrected chi connectivity index (χ0v) is 12.1. The van der Waals surface area contributed by atoms with E-state index in [4.69, 9.17) is 17.3 Å². The molecule has 0 unspecified atom stereocenters. The van der Waals surface area contributed by atoms with E-state index >= 15 is 0 Å². The smallest absolute Gasteiger partial charge is 0.206 e. The number of pyridine rings is 1. The van der Waals surface area contributed by atoms with Gasteiger partial charge in [-0.3, -0.25) is 9.55 Å². The van der Waals surface area contributed by atoms with E-state index in [0.717, 1.165) is 20.3 Å². The summed E-state index contributed by atoms with van der Waals surface area (Å²) in [5.41, 5.74) is 8.66. The Morgan fingerprint density at radius 2 is 2.11 bits per heavy atom. The van der Waals surface area contributed by atoms with Crippen molar-refractivity contribution < 1.29 is 0 Å². The van der Waals surface area contributed by atoms with Gasteiger partial charge in [0.05, 0.1) is 17.4 Å². The van der Waals surface area contributed by atoms with Crippen molar-refractivity contribution in [3.05, 3.63) is 45.3 Å². The van der Waals surface area contributed by atoms with Crippen molar-refractivity contribution >= 4 is 51.2 Å². The maximum absolute atomic E-state index is 5.98. The first-order valence-corrected chi connectivity index (χ1v) is 6.66. The lowest BCUT2D eigenvalue weighted by molar-refractivity contribution is 1.10. The van der Waals surface area contributed by atoms with Crippen molar-refractivity contribution in [1.82, 2.24) is 14.5 Å². The molecule has 2 aromatic heterocycles. The minimum atomic E-state index is 0.443. The molecule has 3 rings (SSSR count). The fraction of sp³-hybridized carbons (Fsp3) is 0. The second kappa shape index (κ2) is 4.40. The third kappa shape index (κ3) is 1.83. The predicted molar refractivity (Wildman–Crippen MR) is 81.0 cm³/mol. The highest BCUT2D eigenvalue weighted by Crippen LogP contribution is 2.27. The van der Waals surface area contributed by atoms with E-state index in [1.54, 1.807) is 12.4 Å². The summed E-state index contributed by atoms with van der Waals surface area (Å²) < 4.78 is 2.91. The zero-order chi connectivity index (χ0) is 12.7. The number of imidazole rings is 1. The number of fused-ring (bicyclic) bond motifs is 1. The van der Waals surface area contributed by atoms with Gasteiger partial charge in [0, 0.05) is 14.8 Å². The highest BCUT2D eigenvalue weighted by atomic mass is 127. The summed E-state index contributed by atoms with van der Waals surface area (Å²) in [6, 6.07) is 7.56. The molecule has 2 N–H and O–H groups in total. The van der Waals surface area contributed by atoms with Gasteiger partial charge in [-0.15, -0.1) is 0 Å². The van der Waals surface area contributed by atoms with Crippen molar-refractivity contribution in [1.29, 1.82) is 0 Å². The van der Waals surface area contributed by atoms with E-state index in [9.17, 15) is 0 Å². The Kier molecular flexibility index (Phi) is 2.87. The monoisotopic (exact) mass is 370 g/mol. The second-order valence-electron chi connectivity index (χ2n) is 3.77. The minimum absolute atomic E-state index is 0.443. The SMILES string of the molecule is Nc1nc2cnccc2n1-c1ccc(Cl)cc1I. The molecule has 0 aliphatic heterocycles. The molecule has 0 spiro atoms. The summed E-state index contributed by atoms with van der Waals surface area (Å²) >= 11 is 8.20. The molecule has 4 nitrogen and oxygen atoms in total. The summed E-state index contributed by atoms with van der Waals surface area (Å²) in [4.78, 5) is 8.34. The lowest BCUT2D eigenvalue weighted by atomic mass is 10.3. The van der Waals surface area contributed by atoms with Gasteiger partial charge in [0.25, 0.3) is 0 Å². The van der Waals surface area contributed by atoms with Gasteiger partial charge >= 0.3 is 0 Å². The van der Waals surface area contributed by atoms with Gasteiger partial charge in [-0.25, -0.2) is 4.98 Å². The Bertz CT molecular complexity index is 738. The van der Waals surface area contributed by atoms with E-state index in [1.165, 1.54) is 0 Å². The largest absolute Gasteiger partial charge is 0.369 e. The molecule has 1 aromatic carbocycles. The van der Waals surface area contributed by atoms with Gasteiger partial charge in [-0.2, -0.15) is 0 Å². The van der Waals surface area contributed by atoms with E-state index in [2.05, 4.69) is 32.6 Å². The molecule has 0 fully saturated rings. The molecule has 0 amide bonds. The number of nitrogens with zero attached hydrogens (tertiary/aromatic N) is 3. The van der Waals surface area contributed by atoms with Crippen LogP contribution >= 0.6 is 34.2 Å². The molecule has 0 saturated heterocycles. The summed E-state index contributed by atoms with van der Waals surface area (Å²) in [5, 5.41) is 0.702. The first kappa shape index (κ1) is 11.7. The predicted octanol–water partition coefficient (Wildman–Crippen LogP) is 3.26. The van der Waals surface area contributed by atoms with Crippen LogP contribution in [0, 0.1) is 3.57 Å². The third-order valence-electron chi connectivity index (χ3n) is 2.63. The Morgan fingerprint density at radius 1 is 1.28 bits per heavy atom. The fourth-order valence-corrected chi connectivity index (χ4v) is 2.98. The number of halogens is 2. The maximum atomic E-state index is 5.98. The first-order chi connectivity index (χ1) is 8.66. The molecule has 0 radical (unpaired) electrons. The van der Waals surface area contributed by atoms with E-state index in [-0.39, 0.29) is 0 Å². The van der Waals surface area contributed by atoms with E-state index in [0.29, 0.717) is 11.0 Å². The summed E-state index contributed by atoms with van der Waals surface area (Å²) in [5.74, 6) is 0.443. The fourth-order valence-electron chi connectivity index (χ4n) is 1.87. The van der Waals surface area contributed by atoms with Crippen LogP contribution in [0.1, 0.15) is 0 Å². The average Bonchev–Trinajstić information content (AvgIpc) is 2.66. The van der Waals surface area contributed by atoms with Crippen LogP contribution in [-0.2, 0) is 0 Å². The van der Waals surface area contributed by atoms with Crippen molar-refractivity contribution in [2.45, 2.75) is 0 Å². The molecule has 0 aliphatic carbocycles. The van der Waals surface area contributed by atoms with Crippen molar-refractivity contribution in [2.75, 3.05) is 5.73 Å². The van der Waals surface area contributed by atoms with Crippen LogP contribution in [0.4, 0.5) is 5.95 Å². The normalized spacial score (nSPS) is 11.0. The van der Waals surface area contributed by atoms with Gasteiger partial charge in [0.1, 0.15) is 5.52 Å². The Morgan fingerprint density at radius 3 is 2.89 bits per heavy atom. The molecular formula is C12H8ClIN4. The molecule has 6 heteroatoms. The Balaban J connectivity index is 2.34. The van der Waals surface area contributed by atoms with Crippen molar-refractivity contribution in [3.63, 3.8) is 0 Å². The molecule has 90 valence electrons. The van der Waals surface area contributed by atoms with Crippen LogP contribution in [0.3, 0.4) is 0 Å². The molecule has 0 atom stereocenters. The molecule has 0 bridgehead atoms. The molecule has 0 saturated carbocycles. The number of anilines is 1. The van der Waals surface area contributed by atoms with Gasteiger partial charge in [-0.05, 0) is 46.9 Å². The minimum Gasteiger partial charge on any atom is -0.369 e. The van der Waals surface area contributed by atoms with E-state index < -0.39 is 0 Å². The van der Waals surface area contributed by atoms with Crippen LogP contribution < -0.4 is 5.73 Å². The molecule has 3 aromatic rings.